The summed E-state index contributed by atoms with van der Waals surface area (Å²) in [5, 5.41) is 9.42. The first kappa shape index (κ1) is 13.9. The summed E-state index contributed by atoms with van der Waals surface area (Å²) < 4.78 is 0. The van der Waals surface area contributed by atoms with Crippen LogP contribution in [-0.4, -0.2) is 59.8 Å². The first-order valence-electron chi connectivity index (χ1n) is 6.67. The second-order valence-corrected chi connectivity index (χ2v) is 5.26. The quantitative estimate of drug-likeness (QED) is 0.773. The van der Waals surface area contributed by atoms with E-state index in [2.05, 4.69) is 30.7 Å². The summed E-state index contributed by atoms with van der Waals surface area (Å²) in [4.78, 5) is 4.98. The molecule has 1 heterocycles. The van der Waals surface area contributed by atoms with Crippen LogP contribution in [0.3, 0.4) is 0 Å². The lowest BCUT2D eigenvalue weighted by molar-refractivity contribution is 0.0756. The standard InChI is InChI=1S/C13H28N2O/c1-5-15-8-6-13(7-9-15)14(4)11(2)10-12(3)16/h11-13,16H,5-10H2,1-4H3. The lowest BCUT2D eigenvalue weighted by Crippen LogP contribution is -2.46. The Morgan fingerprint density at radius 3 is 2.31 bits per heavy atom. The molecule has 0 spiro atoms. The zero-order valence-corrected chi connectivity index (χ0v) is 11.3. The van der Waals surface area contributed by atoms with Crippen LogP contribution in [0, 0.1) is 0 Å². The molecule has 1 N–H and O–H groups in total. The third kappa shape index (κ3) is 4.04. The highest BCUT2D eigenvalue weighted by molar-refractivity contribution is 4.81. The summed E-state index contributed by atoms with van der Waals surface area (Å²) in [5.74, 6) is 0. The van der Waals surface area contributed by atoms with Gasteiger partial charge < -0.3 is 14.9 Å². The van der Waals surface area contributed by atoms with Gasteiger partial charge in [-0.1, -0.05) is 6.92 Å². The Hall–Kier alpha value is -0.120. The van der Waals surface area contributed by atoms with Crippen molar-refractivity contribution in [3.8, 4) is 0 Å². The monoisotopic (exact) mass is 228 g/mol. The van der Waals surface area contributed by atoms with Crippen LogP contribution in [-0.2, 0) is 0 Å². The molecule has 3 heteroatoms. The summed E-state index contributed by atoms with van der Waals surface area (Å²) in [5.41, 5.74) is 0. The van der Waals surface area contributed by atoms with E-state index in [1.165, 1.54) is 32.5 Å². The topological polar surface area (TPSA) is 26.7 Å². The van der Waals surface area contributed by atoms with Crippen molar-refractivity contribution in [3.63, 3.8) is 0 Å². The molecule has 0 aromatic carbocycles. The molecule has 0 aromatic heterocycles. The maximum absolute atomic E-state index is 9.42. The number of rotatable bonds is 5. The van der Waals surface area contributed by atoms with Gasteiger partial charge in [0.15, 0.2) is 0 Å². The van der Waals surface area contributed by atoms with Gasteiger partial charge in [0, 0.05) is 12.1 Å². The van der Waals surface area contributed by atoms with E-state index >= 15 is 0 Å². The number of hydrogen-bond acceptors (Lipinski definition) is 3. The number of hydrogen-bond donors (Lipinski definition) is 1. The minimum atomic E-state index is -0.187. The van der Waals surface area contributed by atoms with Crippen LogP contribution in [0.5, 0.6) is 0 Å². The van der Waals surface area contributed by atoms with E-state index in [4.69, 9.17) is 0 Å². The maximum Gasteiger partial charge on any atom is 0.0526 e. The molecule has 0 saturated carbocycles. The molecule has 0 aliphatic carbocycles. The molecule has 96 valence electrons. The first-order valence-corrected chi connectivity index (χ1v) is 6.67. The number of piperidine rings is 1. The normalized spacial score (nSPS) is 23.6. The van der Waals surface area contributed by atoms with Crippen molar-refractivity contribution >= 4 is 0 Å². The number of aliphatic hydroxyl groups excluding tert-OH is 1. The molecular formula is C13H28N2O. The molecule has 2 unspecified atom stereocenters. The van der Waals surface area contributed by atoms with Crippen molar-refractivity contribution in [3.05, 3.63) is 0 Å². The average Bonchev–Trinajstić information content (AvgIpc) is 2.27. The van der Waals surface area contributed by atoms with Gasteiger partial charge in [0.2, 0.25) is 0 Å². The molecule has 0 amide bonds. The van der Waals surface area contributed by atoms with Crippen LogP contribution in [0.4, 0.5) is 0 Å². The van der Waals surface area contributed by atoms with Crippen molar-refractivity contribution in [1.29, 1.82) is 0 Å². The highest BCUT2D eigenvalue weighted by Gasteiger charge is 2.24. The fourth-order valence-corrected chi connectivity index (χ4v) is 2.66. The van der Waals surface area contributed by atoms with Gasteiger partial charge in [-0.2, -0.15) is 0 Å². The minimum Gasteiger partial charge on any atom is -0.393 e. The third-order valence-electron chi connectivity index (χ3n) is 3.96. The SMILES string of the molecule is CCN1CCC(N(C)C(C)CC(C)O)CC1. The predicted octanol–water partition coefficient (Wildman–Crippen LogP) is 1.56. The van der Waals surface area contributed by atoms with Crippen LogP contribution in [0.15, 0.2) is 0 Å². The van der Waals surface area contributed by atoms with Crippen LogP contribution in [0.2, 0.25) is 0 Å². The van der Waals surface area contributed by atoms with Crippen molar-refractivity contribution in [2.24, 2.45) is 0 Å². The molecule has 0 radical (unpaired) electrons. The lowest BCUT2D eigenvalue weighted by Gasteiger charge is -2.39. The molecule has 0 bridgehead atoms. The van der Waals surface area contributed by atoms with E-state index in [1.807, 2.05) is 6.92 Å². The predicted molar refractivity (Wildman–Crippen MR) is 68.7 cm³/mol. The van der Waals surface area contributed by atoms with Gasteiger partial charge in [0.25, 0.3) is 0 Å². The maximum atomic E-state index is 9.42. The fraction of sp³-hybridized carbons (Fsp3) is 1.00. The van der Waals surface area contributed by atoms with E-state index in [0.29, 0.717) is 12.1 Å². The van der Waals surface area contributed by atoms with Crippen LogP contribution < -0.4 is 0 Å². The Kier molecular flexibility index (Phi) is 5.73. The van der Waals surface area contributed by atoms with Crippen LogP contribution in [0.1, 0.15) is 40.0 Å². The Morgan fingerprint density at radius 1 is 1.31 bits per heavy atom. The summed E-state index contributed by atoms with van der Waals surface area (Å²) in [7, 11) is 2.21. The lowest BCUT2D eigenvalue weighted by atomic mass is 10.0. The summed E-state index contributed by atoms with van der Waals surface area (Å²) in [6.07, 6.45) is 3.24. The zero-order chi connectivity index (χ0) is 12.1. The van der Waals surface area contributed by atoms with E-state index in [1.54, 1.807) is 0 Å². The van der Waals surface area contributed by atoms with E-state index in [-0.39, 0.29) is 6.10 Å². The molecule has 2 atom stereocenters. The Balaban J connectivity index is 2.34. The number of likely N-dealkylation sites (tertiary alicyclic amines) is 1. The van der Waals surface area contributed by atoms with Gasteiger partial charge in [-0.3, -0.25) is 0 Å². The van der Waals surface area contributed by atoms with Gasteiger partial charge in [0.1, 0.15) is 0 Å². The van der Waals surface area contributed by atoms with Gasteiger partial charge in [-0.25, -0.2) is 0 Å². The van der Waals surface area contributed by atoms with Gasteiger partial charge in [-0.15, -0.1) is 0 Å². The number of aliphatic hydroxyl groups is 1. The smallest absolute Gasteiger partial charge is 0.0526 e. The van der Waals surface area contributed by atoms with E-state index in [0.717, 1.165) is 6.42 Å². The van der Waals surface area contributed by atoms with Gasteiger partial charge in [0.05, 0.1) is 6.10 Å². The first-order chi connectivity index (χ1) is 7.54. The van der Waals surface area contributed by atoms with E-state index < -0.39 is 0 Å². The molecule has 3 nitrogen and oxygen atoms in total. The summed E-state index contributed by atoms with van der Waals surface area (Å²) in [6.45, 7) is 9.97. The van der Waals surface area contributed by atoms with Crippen molar-refractivity contribution in [1.82, 2.24) is 9.80 Å². The minimum absolute atomic E-state index is 0.187. The molecular weight excluding hydrogens is 200 g/mol. The van der Waals surface area contributed by atoms with Gasteiger partial charge in [-0.05, 0) is 59.8 Å². The second kappa shape index (κ2) is 6.58. The highest BCUT2D eigenvalue weighted by atomic mass is 16.3. The van der Waals surface area contributed by atoms with Crippen LogP contribution in [0.25, 0.3) is 0 Å². The third-order valence-corrected chi connectivity index (χ3v) is 3.96. The molecule has 1 fully saturated rings. The van der Waals surface area contributed by atoms with Crippen LogP contribution >= 0.6 is 0 Å². The Morgan fingerprint density at radius 2 is 1.88 bits per heavy atom. The Bertz CT molecular complexity index is 188. The fourth-order valence-electron chi connectivity index (χ4n) is 2.66. The second-order valence-electron chi connectivity index (χ2n) is 5.26. The van der Waals surface area contributed by atoms with Gasteiger partial charge >= 0.3 is 0 Å². The van der Waals surface area contributed by atoms with Crippen molar-refractivity contribution in [2.45, 2.75) is 58.2 Å². The zero-order valence-electron chi connectivity index (χ0n) is 11.3. The summed E-state index contributed by atoms with van der Waals surface area (Å²) in [6, 6.07) is 1.19. The molecule has 0 aromatic rings. The molecule has 1 aliphatic rings. The van der Waals surface area contributed by atoms with E-state index in [9.17, 15) is 5.11 Å². The Labute approximate surface area is 100 Å². The molecule has 16 heavy (non-hydrogen) atoms. The molecule has 1 saturated heterocycles. The highest BCUT2D eigenvalue weighted by Crippen LogP contribution is 2.18. The van der Waals surface area contributed by atoms with Crippen molar-refractivity contribution < 1.29 is 5.11 Å². The summed E-state index contributed by atoms with van der Waals surface area (Å²) >= 11 is 0. The average molecular weight is 228 g/mol. The number of nitrogens with zero attached hydrogens (tertiary/aromatic N) is 2. The largest absolute Gasteiger partial charge is 0.393 e. The van der Waals surface area contributed by atoms with Crippen molar-refractivity contribution in [2.75, 3.05) is 26.7 Å². The molecule has 1 aliphatic heterocycles. The molecule has 1 rings (SSSR count).